The molecular weight excluding hydrogens is 273 g/mol. The molecule has 0 amide bonds. The number of fused-ring (bicyclic) bond motifs is 1. The number of nitrogens with one attached hydrogen (secondary N) is 1. The van der Waals surface area contributed by atoms with E-state index in [4.69, 9.17) is 9.47 Å². The van der Waals surface area contributed by atoms with Gasteiger partial charge in [0.2, 0.25) is 0 Å². The van der Waals surface area contributed by atoms with Crippen molar-refractivity contribution in [2.45, 2.75) is 12.6 Å². The van der Waals surface area contributed by atoms with Gasteiger partial charge in [-0.15, -0.1) is 11.3 Å². The number of ether oxygens (including phenoxy) is 2. The van der Waals surface area contributed by atoms with E-state index in [1.807, 2.05) is 10.8 Å². The minimum atomic E-state index is -4.13. The fourth-order valence-corrected chi connectivity index (χ4v) is 2.60. The fraction of sp³-hybridized carbons (Fsp3) is 0.556. The zero-order valence-electron chi connectivity index (χ0n) is 9.92. The monoisotopic (exact) mass is 285 g/mol. The number of rotatable bonds is 5. The third kappa shape index (κ3) is 4.80. The smallest absolute Gasteiger partial charge is 0.748 e. The second-order valence-electron chi connectivity index (χ2n) is 3.59. The molecule has 1 aromatic heterocycles. The molecule has 0 saturated carbocycles. The van der Waals surface area contributed by atoms with E-state index in [9.17, 15) is 13.0 Å². The normalized spacial score (nSPS) is 18.2. The van der Waals surface area contributed by atoms with Crippen LogP contribution in [0.1, 0.15) is 6.42 Å². The Morgan fingerprint density at radius 3 is 2.89 bits per heavy atom. The number of hydrogen-bond acceptors (Lipinski definition) is 7. The van der Waals surface area contributed by atoms with Gasteiger partial charge in [-0.25, -0.2) is 8.42 Å². The van der Waals surface area contributed by atoms with Gasteiger partial charge in [-0.05, 0) is 13.0 Å². The van der Waals surface area contributed by atoms with Crippen molar-refractivity contribution in [3.8, 4) is 11.5 Å². The molecule has 0 radical (unpaired) electrons. The molecule has 1 unspecified atom stereocenters. The van der Waals surface area contributed by atoms with Crippen molar-refractivity contribution < 1.29 is 41.3 Å². The summed E-state index contributed by atoms with van der Waals surface area (Å²) in [6.07, 6.45) is -0.0335. The van der Waals surface area contributed by atoms with E-state index >= 15 is 0 Å². The van der Waals surface area contributed by atoms with Gasteiger partial charge >= 0.3 is 18.9 Å². The molecule has 1 N–H and O–H groups in total. The Labute approximate surface area is 122 Å². The summed E-state index contributed by atoms with van der Waals surface area (Å²) in [4.78, 5) is 0. The van der Waals surface area contributed by atoms with Crippen LogP contribution >= 0.6 is 11.3 Å². The van der Waals surface area contributed by atoms with Gasteiger partial charge in [0, 0.05) is 16.5 Å². The maximum absolute atomic E-state index is 10.4. The van der Waals surface area contributed by atoms with E-state index in [1.54, 1.807) is 0 Å². The summed E-state index contributed by atoms with van der Waals surface area (Å²) in [5.41, 5.74) is 0. The first-order valence-electron chi connectivity index (χ1n) is 5.07. The predicted molar refractivity (Wildman–Crippen MR) is 61.4 cm³/mol. The van der Waals surface area contributed by atoms with Crippen molar-refractivity contribution in [1.29, 1.82) is 0 Å². The van der Waals surface area contributed by atoms with Crippen LogP contribution in [0.5, 0.6) is 11.5 Å². The summed E-state index contributed by atoms with van der Waals surface area (Å²) >= 11 is 1.49. The average molecular weight is 285 g/mol. The maximum Gasteiger partial charge on any atom is 1.00 e. The van der Waals surface area contributed by atoms with Crippen LogP contribution in [-0.2, 0) is 10.1 Å². The fourth-order valence-electron chi connectivity index (χ4n) is 1.43. The molecule has 2 rings (SSSR count). The molecule has 6 nitrogen and oxygen atoms in total. The van der Waals surface area contributed by atoms with Crippen LogP contribution in [0.2, 0.25) is 0 Å². The molecule has 0 fully saturated rings. The molecule has 1 aliphatic heterocycles. The van der Waals surface area contributed by atoms with E-state index in [0.717, 1.165) is 5.75 Å². The maximum atomic E-state index is 10.4. The van der Waals surface area contributed by atoms with E-state index in [-0.39, 0.29) is 37.3 Å². The van der Waals surface area contributed by atoms with Crippen LogP contribution in [0.15, 0.2) is 10.8 Å². The summed E-state index contributed by atoms with van der Waals surface area (Å²) in [6.45, 7) is 0.767. The van der Waals surface area contributed by atoms with Crippen LogP contribution in [0.3, 0.4) is 0 Å². The molecule has 0 aromatic carbocycles. The molecule has 1 aliphatic rings. The molecule has 1 aromatic rings. The van der Waals surface area contributed by atoms with Crippen molar-refractivity contribution >= 4 is 21.5 Å². The molecule has 18 heavy (non-hydrogen) atoms. The molecule has 0 bridgehead atoms. The predicted octanol–water partition coefficient (Wildman–Crippen LogP) is -2.63. The Morgan fingerprint density at radius 1 is 1.44 bits per heavy atom. The third-order valence-electron chi connectivity index (χ3n) is 2.20. The van der Waals surface area contributed by atoms with Gasteiger partial charge in [0.25, 0.3) is 0 Å². The molecule has 2 heterocycles. The van der Waals surface area contributed by atoms with Crippen LogP contribution in [-0.4, -0.2) is 38.1 Å². The van der Waals surface area contributed by atoms with Crippen LogP contribution in [0.25, 0.3) is 0 Å². The zero-order chi connectivity index (χ0) is 12.3. The molecule has 0 saturated heterocycles. The summed E-state index contributed by atoms with van der Waals surface area (Å²) in [7, 11) is -4.13. The van der Waals surface area contributed by atoms with Crippen LogP contribution < -0.4 is 33.7 Å². The second kappa shape index (κ2) is 6.80. The quantitative estimate of drug-likeness (QED) is 0.362. The van der Waals surface area contributed by atoms with Gasteiger partial charge < -0.3 is 14.0 Å². The average Bonchev–Trinajstić information content (AvgIpc) is 2.70. The first-order valence-corrected chi connectivity index (χ1v) is 7.59. The van der Waals surface area contributed by atoms with Crippen molar-refractivity contribution in [3.05, 3.63) is 10.8 Å². The zero-order valence-corrected chi connectivity index (χ0v) is 11.6. The summed E-state index contributed by atoms with van der Waals surface area (Å²) in [5.74, 6) is 1.06. The molecular formula is C9H12LiNO5S2. The van der Waals surface area contributed by atoms with Crippen molar-refractivity contribution in [1.82, 2.24) is 5.32 Å². The van der Waals surface area contributed by atoms with Gasteiger partial charge in [0.05, 0.1) is 10.1 Å². The van der Waals surface area contributed by atoms with E-state index in [1.165, 1.54) is 11.3 Å². The number of hydrogen-bond donors (Lipinski definition) is 1. The van der Waals surface area contributed by atoms with Crippen LogP contribution in [0, 0.1) is 0 Å². The van der Waals surface area contributed by atoms with Gasteiger partial charge in [-0.2, -0.15) is 0 Å². The first kappa shape index (κ1) is 15.8. The second-order valence-corrected chi connectivity index (χ2v) is 5.85. The third-order valence-corrected chi connectivity index (χ3v) is 3.68. The topological polar surface area (TPSA) is 87.7 Å². The van der Waals surface area contributed by atoms with Gasteiger partial charge in [0.15, 0.2) is 17.7 Å². The van der Waals surface area contributed by atoms with E-state index < -0.39 is 10.1 Å². The van der Waals surface area contributed by atoms with E-state index in [2.05, 4.69) is 5.32 Å². The standard InChI is InChI=1S/C9H13NO5S2.Li/c11-17(12,13)3-1-2-10-9-4-14-7-5-16-6-8(7)15-9;/h5-6,9-10H,1-4H2,(H,11,12,13);/q;+1/p-1. The Morgan fingerprint density at radius 2 is 2.17 bits per heavy atom. The molecule has 9 heteroatoms. The van der Waals surface area contributed by atoms with E-state index in [0.29, 0.717) is 18.9 Å². The summed E-state index contributed by atoms with van der Waals surface area (Å²) < 4.78 is 42.1. The van der Waals surface area contributed by atoms with Gasteiger partial charge in [0.1, 0.15) is 6.61 Å². The molecule has 96 valence electrons. The Balaban J connectivity index is 0.00000162. The molecule has 1 atom stereocenters. The molecule has 0 spiro atoms. The van der Waals surface area contributed by atoms with Crippen molar-refractivity contribution in [2.24, 2.45) is 0 Å². The SMILES string of the molecule is O=S(=O)([O-])CCCNC1COc2cscc2O1.[Li+]. The Hall–Kier alpha value is -0.233. The largest absolute Gasteiger partial charge is 1.00 e. The Kier molecular flexibility index (Phi) is 5.97. The molecule has 0 aliphatic carbocycles. The summed E-state index contributed by atoms with van der Waals surface area (Å²) in [5, 5.41) is 6.67. The minimum Gasteiger partial charge on any atom is -0.748 e. The Bertz CT molecular complexity index is 475. The van der Waals surface area contributed by atoms with Crippen molar-refractivity contribution in [2.75, 3.05) is 18.9 Å². The van der Waals surface area contributed by atoms with Crippen LogP contribution in [0.4, 0.5) is 0 Å². The summed E-state index contributed by atoms with van der Waals surface area (Å²) in [6, 6.07) is 0. The minimum absolute atomic E-state index is 0. The van der Waals surface area contributed by atoms with Gasteiger partial charge in [-0.3, -0.25) is 5.32 Å². The number of thiophene rings is 1. The van der Waals surface area contributed by atoms with Gasteiger partial charge in [-0.1, -0.05) is 0 Å². The van der Waals surface area contributed by atoms with Crippen molar-refractivity contribution in [3.63, 3.8) is 0 Å². The first-order chi connectivity index (χ1) is 8.04.